The zero-order valence-corrected chi connectivity index (χ0v) is 9.35. The minimum atomic E-state index is -0.362. The van der Waals surface area contributed by atoms with Crippen molar-refractivity contribution < 1.29 is 4.92 Å². The van der Waals surface area contributed by atoms with Crippen LogP contribution in [0.5, 0.6) is 0 Å². The Bertz CT molecular complexity index is 400. The monoisotopic (exact) mass is 221 g/mol. The van der Waals surface area contributed by atoms with Crippen LogP contribution >= 0.6 is 0 Å². The minimum Gasteiger partial charge on any atom is -0.357 e. The Labute approximate surface area is 94.2 Å². The molecule has 1 aliphatic rings. The van der Waals surface area contributed by atoms with Crippen LogP contribution in [0, 0.1) is 10.1 Å². The first-order chi connectivity index (χ1) is 7.72. The van der Waals surface area contributed by atoms with Crippen molar-refractivity contribution in [1.82, 2.24) is 4.98 Å². The van der Waals surface area contributed by atoms with E-state index in [2.05, 4.69) is 9.88 Å². The highest BCUT2D eigenvalue weighted by molar-refractivity contribution is 5.49. The van der Waals surface area contributed by atoms with Crippen molar-refractivity contribution in [2.24, 2.45) is 0 Å². The Morgan fingerprint density at radius 3 is 2.75 bits per heavy atom. The van der Waals surface area contributed by atoms with Crippen LogP contribution in [0.25, 0.3) is 0 Å². The number of anilines is 1. The molecule has 0 bridgehead atoms. The molecule has 5 nitrogen and oxygen atoms in total. The van der Waals surface area contributed by atoms with E-state index in [4.69, 9.17) is 0 Å². The number of hydrogen-bond acceptors (Lipinski definition) is 4. The molecule has 1 aromatic heterocycles. The summed E-state index contributed by atoms with van der Waals surface area (Å²) in [5.74, 6) is 0.875. The zero-order valence-electron chi connectivity index (χ0n) is 9.35. The third kappa shape index (κ3) is 1.98. The van der Waals surface area contributed by atoms with Crippen LogP contribution in [-0.2, 0) is 6.42 Å². The van der Waals surface area contributed by atoms with Gasteiger partial charge in [-0.1, -0.05) is 6.92 Å². The molecule has 0 N–H and O–H groups in total. The lowest BCUT2D eigenvalue weighted by molar-refractivity contribution is -0.385. The lowest BCUT2D eigenvalue weighted by Gasteiger charge is -2.16. The Balaban J connectivity index is 2.32. The molecule has 0 unspecified atom stereocenters. The number of rotatable bonds is 3. The third-order valence-electron chi connectivity index (χ3n) is 2.96. The zero-order chi connectivity index (χ0) is 11.5. The maximum absolute atomic E-state index is 10.8. The van der Waals surface area contributed by atoms with Gasteiger partial charge in [0.25, 0.3) is 5.69 Å². The van der Waals surface area contributed by atoms with Crippen LogP contribution in [0.3, 0.4) is 0 Å². The van der Waals surface area contributed by atoms with E-state index < -0.39 is 0 Å². The number of aryl methyl sites for hydroxylation is 1. The van der Waals surface area contributed by atoms with Crippen molar-refractivity contribution >= 4 is 11.5 Å². The van der Waals surface area contributed by atoms with E-state index in [1.807, 2.05) is 13.0 Å². The first kappa shape index (κ1) is 10.9. The molecule has 1 fully saturated rings. The molecule has 1 aliphatic heterocycles. The standard InChI is InChI=1S/C11H15N3O2/c1-2-9-7-11(13-5-3-4-6-13)12-8-10(9)14(15)16/h7-8H,2-6H2,1H3. The van der Waals surface area contributed by atoms with Crippen molar-refractivity contribution in [3.63, 3.8) is 0 Å². The number of hydrogen-bond donors (Lipinski definition) is 0. The summed E-state index contributed by atoms with van der Waals surface area (Å²) in [7, 11) is 0. The summed E-state index contributed by atoms with van der Waals surface area (Å²) in [6.07, 6.45) is 4.41. The van der Waals surface area contributed by atoms with Gasteiger partial charge in [0.2, 0.25) is 0 Å². The van der Waals surface area contributed by atoms with Crippen LogP contribution < -0.4 is 4.90 Å². The first-order valence-corrected chi connectivity index (χ1v) is 5.60. The molecule has 0 aliphatic carbocycles. The molecule has 0 radical (unpaired) electrons. The van der Waals surface area contributed by atoms with E-state index in [1.165, 1.54) is 19.0 Å². The predicted octanol–water partition coefficient (Wildman–Crippen LogP) is 2.15. The van der Waals surface area contributed by atoms with Gasteiger partial charge in [0.1, 0.15) is 12.0 Å². The molecule has 86 valence electrons. The van der Waals surface area contributed by atoms with Gasteiger partial charge in [0.05, 0.1) is 4.92 Å². The fraction of sp³-hybridized carbons (Fsp3) is 0.545. The van der Waals surface area contributed by atoms with E-state index in [9.17, 15) is 10.1 Å². The number of nitro groups is 1. The van der Waals surface area contributed by atoms with Crippen LogP contribution in [0.1, 0.15) is 25.3 Å². The first-order valence-electron chi connectivity index (χ1n) is 5.60. The van der Waals surface area contributed by atoms with Gasteiger partial charge in [-0.2, -0.15) is 0 Å². The molecule has 1 saturated heterocycles. The van der Waals surface area contributed by atoms with Crippen molar-refractivity contribution in [2.45, 2.75) is 26.2 Å². The van der Waals surface area contributed by atoms with Gasteiger partial charge >= 0.3 is 0 Å². The molecule has 0 atom stereocenters. The average Bonchev–Trinajstić information content (AvgIpc) is 2.81. The fourth-order valence-electron chi connectivity index (χ4n) is 2.04. The molecular weight excluding hydrogens is 206 g/mol. The van der Waals surface area contributed by atoms with E-state index in [0.717, 1.165) is 24.5 Å². The fourth-order valence-corrected chi connectivity index (χ4v) is 2.04. The van der Waals surface area contributed by atoms with Gasteiger partial charge in [-0.15, -0.1) is 0 Å². The molecule has 0 spiro atoms. The van der Waals surface area contributed by atoms with Crippen molar-refractivity contribution in [3.05, 3.63) is 27.9 Å². The third-order valence-corrected chi connectivity index (χ3v) is 2.96. The summed E-state index contributed by atoms with van der Waals surface area (Å²) in [6.45, 7) is 3.94. The summed E-state index contributed by atoms with van der Waals surface area (Å²) >= 11 is 0. The highest BCUT2D eigenvalue weighted by Crippen LogP contribution is 2.24. The van der Waals surface area contributed by atoms with E-state index in [1.54, 1.807) is 0 Å². The smallest absolute Gasteiger partial charge is 0.290 e. The Morgan fingerprint density at radius 2 is 2.19 bits per heavy atom. The van der Waals surface area contributed by atoms with Crippen LogP contribution in [0.15, 0.2) is 12.3 Å². The highest BCUT2D eigenvalue weighted by Gasteiger charge is 2.18. The maximum atomic E-state index is 10.8. The second-order valence-electron chi connectivity index (χ2n) is 3.98. The quantitative estimate of drug-likeness (QED) is 0.579. The van der Waals surface area contributed by atoms with Crippen molar-refractivity contribution in [2.75, 3.05) is 18.0 Å². The van der Waals surface area contributed by atoms with Gasteiger partial charge < -0.3 is 4.90 Å². The molecule has 0 amide bonds. The highest BCUT2D eigenvalue weighted by atomic mass is 16.6. The SMILES string of the molecule is CCc1cc(N2CCCC2)ncc1[N+](=O)[O-]. The molecule has 0 saturated carbocycles. The van der Waals surface area contributed by atoms with E-state index >= 15 is 0 Å². The summed E-state index contributed by atoms with van der Waals surface area (Å²) in [4.78, 5) is 16.8. The second kappa shape index (κ2) is 4.47. The lowest BCUT2D eigenvalue weighted by atomic mass is 10.2. The van der Waals surface area contributed by atoms with Crippen LogP contribution in [-0.4, -0.2) is 23.0 Å². The molecule has 2 rings (SSSR count). The largest absolute Gasteiger partial charge is 0.357 e. The molecule has 2 heterocycles. The van der Waals surface area contributed by atoms with E-state index in [-0.39, 0.29) is 10.6 Å². The molecule has 5 heteroatoms. The minimum absolute atomic E-state index is 0.130. The van der Waals surface area contributed by atoms with Gasteiger partial charge in [-0.25, -0.2) is 4.98 Å². The normalized spacial score (nSPS) is 15.4. The number of aromatic nitrogens is 1. The number of nitrogens with zero attached hydrogens (tertiary/aromatic N) is 3. The molecule has 1 aromatic rings. The summed E-state index contributed by atoms with van der Waals surface area (Å²) in [6, 6.07) is 1.85. The van der Waals surface area contributed by atoms with Gasteiger partial charge in [-0.05, 0) is 25.3 Å². The predicted molar refractivity (Wildman–Crippen MR) is 61.7 cm³/mol. The Morgan fingerprint density at radius 1 is 1.50 bits per heavy atom. The summed E-state index contributed by atoms with van der Waals surface area (Å²) < 4.78 is 0. The summed E-state index contributed by atoms with van der Waals surface area (Å²) in [5.41, 5.74) is 0.896. The Kier molecular flexibility index (Phi) is 3.03. The topological polar surface area (TPSA) is 59.3 Å². The van der Waals surface area contributed by atoms with Crippen LogP contribution in [0.4, 0.5) is 11.5 Å². The lowest BCUT2D eigenvalue weighted by Crippen LogP contribution is -2.19. The van der Waals surface area contributed by atoms with Crippen molar-refractivity contribution in [1.29, 1.82) is 0 Å². The summed E-state index contributed by atoms with van der Waals surface area (Å²) in [5, 5.41) is 10.8. The number of pyridine rings is 1. The van der Waals surface area contributed by atoms with Gasteiger partial charge in [0.15, 0.2) is 0 Å². The maximum Gasteiger partial charge on any atom is 0.290 e. The van der Waals surface area contributed by atoms with Crippen molar-refractivity contribution in [3.8, 4) is 0 Å². The molecule has 0 aromatic carbocycles. The molecule has 16 heavy (non-hydrogen) atoms. The van der Waals surface area contributed by atoms with Crippen LogP contribution in [0.2, 0.25) is 0 Å². The average molecular weight is 221 g/mol. The Hall–Kier alpha value is -1.65. The second-order valence-corrected chi connectivity index (χ2v) is 3.98. The van der Waals surface area contributed by atoms with Gasteiger partial charge in [-0.3, -0.25) is 10.1 Å². The van der Waals surface area contributed by atoms with Gasteiger partial charge in [0, 0.05) is 18.7 Å². The molecular formula is C11H15N3O2. The van der Waals surface area contributed by atoms with E-state index in [0.29, 0.717) is 6.42 Å².